The number of hydrogen-bond acceptors (Lipinski definition) is 3. The minimum Gasteiger partial charge on any atom is -0.494 e. The van der Waals surface area contributed by atoms with Crippen molar-refractivity contribution in [1.82, 2.24) is 4.90 Å². The van der Waals surface area contributed by atoms with Gasteiger partial charge in [0.05, 0.1) is 13.2 Å². The molecule has 1 aromatic rings. The lowest BCUT2D eigenvalue weighted by Gasteiger charge is -2.13. The predicted molar refractivity (Wildman–Crippen MR) is 63.7 cm³/mol. The average Bonchev–Trinajstić information content (AvgIpc) is 2.89. The molecule has 0 aromatic heterocycles. The molecule has 1 aliphatic heterocycles. The number of amides is 1. The number of nitrogens with zero attached hydrogens (tertiary/aromatic N) is 1. The van der Waals surface area contributed by atoms with Crippen LogP contribution in [0, 0.1) is 0 Å². The Bertz CT molecular complexity index is 347. The molecule has 0 radical (unpaired) electrons. The van der Waals surface area contributed by atoms with Gasteiger partial charge in [0.1, 0.15) is 12.5 Å². The van der Waals surface area contributed by atoms with Crippen molar-refractivity contribution in [2.24, 2.45) is 0 Å². The number of ether oxygens (including phenoxy) is 2. The fraction of sp³-hybridized carbons (Fsp3) is 0.462. The third kappa shape index (κ3) is 3.75. The fourth-order valence-corrected chi connectivity index (χ4v) is 1.70. The highest BCUT2D eigenvalue weighted by molar-refractivity contribution is 5.76. The molecule has 1 amide bonds. The van der Waals surface area contributed by atoms with Crippen molar-refractivity contribution in [3.8, 4) is 5.75 Å². The molecule has 0 saturated carbocycles. The number of carbonyl (C=O) groups is 1. The zero-order valence-corrected chi connectivity index (χ0v) is 9.80. The molecule has 4 nitrogen and oxygen atoms in total. The molecule has 0 N–H and O–H groups in total. The summed E-state index contributed by atoms with van der Waals surface area (Å²) in [6, 6.07) is 9.64. The van der Waals surface area contributed by atoms with E-state index in [1.165, 1.54) is 0 Å². The Hall–Kier alpha value is -1.55. The van der Waals surface area contributed by atoms with Gasteiger partial charge in [0.15, 0.2) is 0 Å². The van der Waals surface area contributed by atoms with Crippen LogP contribution >= 0.6 is 0 Å². The maximum absolute atomic E-state index is 11.6. The van der Waals surface area contributed by atoms with Crippen molar-refractivity contribution < 1.29 is 14.3 Å². The van der Waals surface area contributed by atoms with Gasteiger partial charge in [-0.2, -0.15) is 0 Å². The monoisotopic (exact) mass is 235 g/mol. The molecule has 92 valence electrons. The normalized spacial score (nSPS) is 14.9. The predicted octanol–water partition coefficient (Wildman–Crippen LogP) is 1.66. The van der Waals surface area contributed by atoms with Crippen molar-refractivity contribution in [2.45, 2.75) is 12.8 Å². The Morgan fingerprint density at radius 3 is 2.88 bits per heavy atom. The standard InChI is InChI=1S/C13H17NO3/c15-13(14-8-10-16-11-14)7-4-9-17-12-5-2-1-3-6-12/h1-3,5-6H,4,7-11H2. The van der Waals surface area contributed by atoms with Gasteiger partial charge in [-0.1, -0.05) is 18.2 Å². The lowest BCUT2D eigenvalue weighted by Crippen LogP contribution is -2.28. The summed E-state index contributed by atoms with van der Waals surface area (Å²) >= 11 is 0. The van der Waals surface area contributed by atoms with Crippen molar-refractivity contribution in [3.05, 3.63) is 30.3 Å². The van der Waals surface area contributed by atoms with E-state index in [4.69, 9.17) is 9.47 Å². The molecular formula is C13H17NO3. The van der Waals surface area contributed by atoms with Gasteiger partial charge in [-0.15, -0.1) is 0 Å². The van der Waals surface area contributed by atoms with Crippen LogP contribution in [0.4, 0.5) is 0 Å². The van der Waals surface area contributed by atoms with E-state index in [0.29, 0.717) is 26.4 Å². The van der Waals surface area contributed by atoms with Gasteiger partial charge in [-0.05, 0) is 18.6 Å². The van der Waals surface area contributed by atoms with Crippen LogP contribution in [0.5, 0.6) is 5.75 Å². The molecule has 0 aliphatic carbocycles. The van der Waals surface area contributed by atoms with E-state index < -0.39 is 0 Å². The molecule has 0 spiro atoms. The summed E-state index contributed by atoms with van der Waals surface area (Å²) in [4.78, 5) is 13.4. The number of para-hydroxylation sites is 1. The molecule has 4 heteroatoms. The highest BCUT2D eigenvalue weighted by Gasteiger charge is 2.17. The van der Waals surface area contributed by atoms with Gasteiger partial charge >= 0.3 is 0 Å². The van der Waals surface area contributed by atoms with Crippen LogP contribution in [-0.4, -0.2) is 37.3 Å². The molecule has 1 saturated heterocycles. The maximum atomic E-state index is 11.6. The summed E-state index contributed by atoms with van der Waals surface area (Å²) in [5.41, 5.74) is 0. The minimum absolute atomic E-state index is 0.152. The molecular weight excluding hydrogens is 218 g/mol. The zero-order chi connectivity index (χ0) is 11.9. The molecule has 0 unspecified atom stereocenters. The highest BCUT2D eigenvalue weighted by Crippen LogP contribution is 2.09. The van der Waals surface area contributed by atoms with E-state index in [1.54, 1.807) is 4.90 Å². The van der Waals surface area contributed by atoms with Gasteiger partial charge in [-0.3, -0.25) is 4.79 Å². The summed E-state index contributed by atoms with van der Waals surface area (Å²) in [5.74, 6) is 1.00. The first-order valence-electron chi connectivity index (χ1n) is 5.89. The lowest BCUT2D eigenvalue weighted by molar-refractivity contribution is -0.131. The van der Waals surface area contributed by atoms with Crippen LogP contribution in [0.2, 0.25) is 0 Å². The summed E-state index contributed by atoms with van der Waals surface area (Å²) in [7, 11) is 0. The second-order valence-electron chi connectivity index (χ2n) is 3.96. The van der Waals surface area contributed by atoms with Crippen LogP contribution in [0.1, 0.15) is 12.8 Å². The summed E-state index contributed by atoms with van der Waals surface area (Å²) in [6.45, 7) is 2.40. The van der Waals surface area contributed by atoms with Crippen LogP contribution < -0.4 is 4.74 Å². The van der Waals surface area contributed by atoms with Gasteiger partial charge in [0, 0.05) is 13.0 Å². The quantitative estimate of drug-likeness (QED) is 0.729. The first kappa shape index (κ1) is 11.9. The highest BCUT2D eigenvalue weighted by atomic mass is 16.5. The van der Waals surface area contributed by atoms with Crippen LogP contribution in [0.25, 0.3) is 0 Å². The van der Waals surface area contributed by atoms with E-state index in [1.807, 2.05) is 30.3 Å². The Labute approximate surface area is 101 Å². The molecule has 1 aliphatic rings. The van der Waals surface area contributed by atoms with E-state index in [0.717, 1.165) is 18.7 Å². The smallest absolute Gasteiger partial charge is 0.224 e. The molecule has 1 heterocycles. The summed E-state index contributed by atoms with van der Waals surface area (Å²) in [6.07, 6.45) is 1.26. The summed E-state index contributed by atoms with van der Waals surface area (Å²) < 4.78 is 10.6. The molecule has 0 atom stereocenters. The van der Waals surface area contributed by atoms with E-state index in [2.05, 4.69) is 0 Å². The number of benzene rings is 1. The Balaban J connectivity index is 1.61. The van der Waals surface area contributed by atoms with E-state index in [-0.39, 0.29) is 5.91 Å². The van der Waals surface area contributed by atoms with E-state index >= 15 is 0 Å². The molecule has 1 aromatic carbocycles. The Kier molecular flexibility index (Phi) is 4.38. The molecule has 1 fully saturated rings. The molecule has 17 heavy (non-hydrogen) atoms. The summed E-state index contributed by atoms with van der Waals surface area (Å²) in [5, 5.41) is 0. The molecule has 2 rings (SSSR count). The first-order valence-corrected chi connectivity index (χ1v) is 5.89. The SMILES string of the molecule is O=C(CCCOc1ccccc1)N1CCOC1. The van der Waals surface area contributed by atoms with Crippen LogP contribution in [-0.2, 0) is 9.53 Å². The van der Waals surface area contributed by atoms with Gasteiger partial charge in [-0.25, -0.2) is 0 Å². The number of rotatable bonds is 5. The second-order valence-corrected chi connectivity index (χ2v) is 3.96. The molecule has 0 bridgehead atoms. The lowest BCUT2D eigenvalue weighted by atomic mass is 10.3. The van der Waals surface area contributed by atoms with Gasteiger partial charge < -0.3 is 14.4 Å². The van der Waals surface area contributed by atoms with Gasteiger partial charge in [0.25, 0.3) is 0 Å². The van der Waals surface area contributed by atoms with Crippen molar-refractivity contribution >= 4 is 5.91 Å². The first-order chi connectivity index (χ1) is 8.36. The van der Waals surface area contributed by atoms with Crippen molar-refractivity contribution in [2.75, 3.05) is 26.5 Å². The Morgan fingerprint density at radius 2 is 2.18 bits per heavy atom. The second kappa shape index (κ2) is 6.25. The van der Waals surface area contributed by atoms with Crippen LogP contribution in [0.3, 0.4) is 0 Å². The zero-order valence-electron chi connectivity index (χ0n) is 9.80. The number of hydrogen-bond donors (Lipinski definition) is 0. The van der Waals surface area contributed by atoms with Crippen molar-refractivity contribution in [3.63, 3.8) is 0 Å². The Morgan fingerprint density at radius 1 is 1.35 bits per heavy atom. The fourth-order valence-electron chi connectivity index (χ4n) is 1.70. The topological polar surface area (TPSA) is 38.8 Å². The van der Waals surface area contributed by atoms with E-state index in [9.17, 15) is 4.79 Å². The maximum Gasteiger partial charge on any atom is 0.224 e. The van der Waals surface area contributed by atoms with Gasteiger partial charge in [0.2, 0.25) is 5.91 Å². The largest absolute Gasteiger partial charge is 0.494 e. The third-order valence-electron chi connectivity index (χ3n) is 2.65. The third-order valence-corrected chi connectivity index (χ3v) is 2.65. The van der Waals surface area contributed by atoms with Crippen molar-refractivity contribution in [1.29, 1.82) is 0 Å². The van der Waals surface area contributed by atoms with Crippen LogP contribution in [0.15, 0.2) is 30.3 Å². The number of carbonyl (C=O) groups excluding carboxylic acids is 1. The average molecular weight is 235 g/mol. The minimum atomic E-state index is 0.152.